The molecule has 5 aliphatic heterocycles. The summed E-state index contributed by atoms with van der Waals surface area (Å²) in [4.78, 5) is 0. The molecule has 8 bridgehead atoms. The maximum Gasteiger partial charge on any atom is 2.00 e. The monoisotopic (exact) mass is 656 g/mol. The van der Waals surface area contributed by atoms with Crippen LogP contribution in [-0.2, 0) is 20.4 Å². The predicted molar refractivity (Wildman–Crippen MR) is 172 cm³/mol. The third-order valence-electron chi connectivity index (χ3n) is 12.5. The van der Waals surface area contributed by atoms with E-state index in [0.29, 0.717) is 48.3 Å². The van der Waals surface area contributed by atoms with Gasteiger partial charge in [-0.3, -0.25) is 0 Å². The fourth-order valence-corrected chi connectivity index (χ4v) is 10.8. The van der Waals surface area contributed by atoms with Crippen molar-refractivity contribution in [3.05, 3.63) is 32.9 Å². The molecule has 0 spiro atoms. The zero-order chi connectivity index (χ0) is 28.6. The summed E-state index contributed by atoms with van der Waals surface area (Å²) < 4.78 is 0. The van der Waals surface area contributed by atoms with Crippen LogP contribution in [0.2, 0.25) is 0 Å². The smallest absolute Gasteiger partial charge is 0.656 e. The van der Waals surface area contributed by atoms with Gasteiger partial charge in [-0.2, -0.15) is 0 Å². The third-order valence-corrected chi connectivity index (χ3v) is 12.5. The molecule has 5 heteroatoms. The minimum atomic E-state index is 0. The third kappa shape index (κ3) is 6.26. The number of nitrogens with zero attached hydrogens (tertiary/aromatic N) is 2. The van der Waals surface area contributed by atoms with E-state index in [2.05, 4.69) is 66.0 Å². The summed E-state index contributed by atoms with van der Waals surface area (Å²) in [6.07, 6.45) is 14.6. The van der Waals surface area contributed by atoms with Crippen LogP contribution < -0.4 is 10.6 Å². The second-order valence-corrected chi connectivity index (χ2v) is 13.9. The van der Waals surface area contributed by atoms with E-state index in [0.717, 1.165) is 23.7 Å². The van der Waals surface area contributed by atoms with Gasteiger partial charge in [0, 0.05) is 24.2 Å². The number of hydrogen-bond donors (Lipinski definition) is 2. The van der Waals surface area contributed by atoms with Gasteiger partial charge in [-0.25, -0.2) is 0 Å². The average Bonchev–Trinajstić information content (AvgIpc) is 3.67. The molecule has 2 N–H and O–H groups in total. The van der Waals surface area contributed by atoms with Gasteiger partial charge in [-0.05, 0) is 51.4 Å². The van der Waals surface area contributed by atoms with Gasteiger partial charge in [-0.15, -0.1) is 24.2 Å². The van der Waals surface area contributed by atoms with E-state index in [1.165, 1.54) is 77.0 Å². The summed E-state index contributed by atoms with van der Waals surface area (Å²) >= 11 is 0. The first-order valence-corrected chi connectivity index (χ1v) is 17.8. The largest absolute Gasteiger partial charge is 2.00 e. The Morgan fingerprint density at radius 3 is 0.829 bits per heavy atom. The first kappa shape index (κ1) is 33.9. The Labute approximate surface area is 267 Å². The Kier molecular flexibility index (Phi) is 12.3. The van der Waals surface area contributed by atoms with Crippen LogP contribution in [0, 0.1) is 23.7 Å². The quantitative estimate of drug-likeness (QED) is 0.203. The van der Waals surface area contributed by atoms with Crippen LogP contribution in [0.5, 0.6) is 0 Å². The second-order valence-electron chi connectivity index (χ2n) is 13.9. The van der Waals surface area contributed by atoms with Crippen LogP contribution in [0.15, 0.2) is 22.3 Å². The Bertz CT molecular complexity index is 787. The van der Waals surface area contributed by atoms with Gasteiger partial charge in [0.15, 0.2) is 0 Å². The molecule has 0 aromatic rings. The Morgan fingerprint density at radius 2 is 0.659 bits per heavy atom. The molecule has 5 aliphatic rings. The minimum absolute atomic E-state index is 0. The average molecular weight is 657 g/mol. The van der Waals surface area contributed by atoms with Crippen LogP contribution >= 0.6 is 0 Å². The van der Waals surface area contributed by atoms with Crippen LogP contribution in [0.25, 0.3) is 10.6 Å². The SMILES string of the molecule is CCC1=C(CC)C2CC3[N-]C(CC4NC(CC5[N-]C(CC1N2)C(CC)C5CC)C(CC)=C4CC)C(CC)C3CC.[Pd+2]. The fraction of sp³-hybridized carbons (Fsp3) is 0.889. The molecule has 236 valence electrons. The van der Waals surface area contributed by atoms with Crippen molar-refractivity contribution >= 4 is 0 Å². The van der Waals surface area contributed by atoms with E-state index in [-0.39, 0.29) is 20.4 Å². The van der Waals surface area contributed by atoms with Crippen LogP contribution in [0.1, 0.15) is 132 Å². The first-order valence-electron chi connectivity index (χ1n) is 17.8. The second kappa shape index (κ2) is 14.8. The molecule has 5 heterocycles. The van der Waals surface area contributed by atoms with E-state index in [1.54, 1.807) is 22.3 Å². The molecule has 3 saturated heterocycles. The molecular weight excluding hydrogens is 595 g/mol. The molecule has 0 aliphatic carbocycles. The normalized spacial score (nSPS) is 42.7. The van der Waals surface area contributed by atoms with Gasteiger partial charge in [-0.1, -0.05) is 127 Å². The van der Waals surface area contributed by atoms with Gasteiger partial charge in [0.05, 0.1) is 0 Å². The van der Waals surface area contributed by atoms with Gasteiger partial charge in [0.1, 0.15) is 0 Å². The number of rotatable bonds is 8. The van der Waals surface area contributed by atoms with Gasteiger partial charge in [0.2, 0.25) is 0 Å². The van der Waals surface area contributed by atoms with E-state index in [4.69, 9.17) is 10.6 Å². The topological polar surface area (TPSA) is 52.3 Å². The summed E-state index contributed by atoms with van der Waals surface area (Å²) in [5.74, 6) is 2.92. The van der Waals surface area contributed by atoms with Crippen molar-refractivity contribution in [3.63, 3.8) is 0 Å². The molecule has 0 aromatic heterocycles. The van der Waals surface area contributed by atoms with Crippen molar-refractivity contribution in [1.29, 1.82) is 0 Å². The molecule has 5 rings (SSSR count). The van der Waals surface area contributed by atoms with Crippen molar-refractivity contribution in [2.45, 2.75) is 181 Å². The van der Waals surface area contributed by atoms with Crippen molar-refractivity contribution < 1.29 is 20.4 Å². The predicted octanol–water partition coefficient (Wildman–Crippen LogP) is 8.83. The van der Waals surface area contributed by atoms with E-state index in [1.807, 2.05) is 0 Å². The molecule has 3 fully saturated rings. The number of fused-ring (bicyclic) bond motifs is 8. The maximum atomic E-state index is 5.74. The van der Waals surface area contributed by atoms with E-state index in [9.17, 15) is 0 Å². The molecule has 4 nitrogen and oxygen atoms in total. The number of nitrogens with one attached hydrogen (secondary N) is 2. The van der Waals surface area contributed by atoms with Gasteiger partial charge < -0.3 is 21.3 Å². The first-order chi connectivity index (χ1) is 19.5. The molecular formula is C36H62N4Pd. The molecule has 12 atom stereocenters. The standard InChI is InChI=1S/C36H62N4.Pd/c1-9-21-22(10-2)30-18-32-25(13-5)26(14-6)34(39-32)20-36-28(16-8)27(15-7)35(40-36)19-33-24(12-4)23(11-3)31(38-33)17-29(21)37-30;/h21-22,27-36,38-39H,9-20H2,1-8H3;/q-2;+2. The zero-order valence-corrected chi connectivity index (χ0v) is 29.2. The Balaban J connectivity index is 0.00000387. The molecule has 12 unspecified atom stereocenters. The maximum absolute atomic E-state index is 5.74. The van der Waals surface area contributed by atoms with Crippen LogP contribution in [0.4, 0.5) is 0 Å². The minimum Gasteiger partial charge on any atom is -0.656 e. The zero-order valence-electron chi connectivity index (χ0n) is 27.6. The van der Waals surface area contributed by atoms with Crippen molar-refractivity contribution in [2.75, 3.05) is 0 Å². The molecule has 0 aromatic carbocycles. The van der Waals surface area contributed by atoms with Crippen molar-refractivity contribution in [1.82, 2.24) is 10.6 Å². The summed E-state index contributed by atoms with van der Waals surface area (Å²) in [5, 5.41) is 20.0. The fourth-order valence-electron chi connectivity index (χ4n) is 10.8. The molecule has 0 radical (unpaired) electrons. The summed E-state index contributed by atoms with van der Waals surface area (Å²) in [6, 6.07) is 3.99. The van der Waals surface area contributed by atoms with Gasteiger partial charge in [0.25, 0.3) is 0 Å². The molecule has 41 heavy (non-hydrogen) atoms. The Hall–Kier alpha value is -0.0177. The van der Waals surface area contributed by atoms with E-state index >= 15 is 0 Å². The Morgan fingerprint density at radius 1 is 0.439 bits per heavy atom. The molecule has 0 amide bonds. The van der Waals surface area contributed by atoms with Gasteiger partial charge >= 0.3 is 20.4 Å². The van der Waals surface area contributed by atoms with Crippen molar-refractivity contribution in [3.8, 4) is 0 Å². The molecule has 0 saturated carbocycles. The summed E-state index contributed by atoms with van der Waals surface area (Å²) in [7, 11) is 0. The summed E-state index contributed by atoms with van der Waals surface area (Å²) in [5.41, 5.74) is 6.88. The number of hydrogen-bond acceptors (Lipinski definition) is 2. The summed E-state index contributed by atoms with van der Waals surface area (Å²) in [6.45, 7) is 19.3. The van der Waals surface area contributed by atoms with E-state index < -0.39 is 0 Å². The van der Waals surface area contributed by atoms with Crippen molar-refractivity contribution in [2.24, 2.45) is 23.7 Å². The van der Waals surface area contributed by atoms with Crippen LogP contribution in [0.3, 0.4) is 0 Å². The van der Waals surface area contributed by atoms with Crippen LogP contribution in [-0.4, -0.2) is 48.3 Å².